The molecule has 0 atom stereocenters. The summed E-state index contributed by atoms with van der Waals surface area (Å²) in [5.41, 5.74) is 2.67. The molecule has 1 saturated heterocycles. The molecule has 1 aromatic carbocycles. The van der Waals surface area contributed by atoms with E-state index < -0.39 is 0 Å². The largest absolute Gasteiger partial charge is 0.489 e. The van der Waals surface area contributed by atoms with Gasteiger partial charge >= 0.3 is 0 Å². The number of benzene rings is 1. The number of H-pyrrole nitrogens is 1. The molecule has 1 aliphatic heterocycles. The van der Waals surface area contributed by atoms with Crippen molar-refractivity contribution in [3.8, 4) is 17.0 Å². The topological polar surface area (TPSA) is 71.1 Å². The third-order valence-corrected chi connectivity index (χ3v) is 4.61. The number of rotatable bonds is 4. The van der Waals surface area contributed by atoms with E-state index in [9.17, 15) is 4.79 Å². The molecular weight excluding hydrogens is 328 g/mol. The van der Waals surface area contributed by atoms with Crippen LogP contribution in [0.3, 0.4) is 0 Å². The van der Waals surface area contributed by atoms with Crippen molar-refractivity contribution in [2.24, 2.45) is 0 Å². The standard InChI is InChI=1S/C20H20N4O2/c25-20(16-5-3-15(4-6-16)19-7-11-22-23-19)24-12-8-17(9-13-24)26-18-2-1-10-21-14-18/h1-7,10-11,14,17H,8-9,12-13H2,(H,22,23). The summed E-state index contributed by atoms with van der Waals surface area (Å²) in [6.45, 7) is 1.40. The quantitative estimate of drug-likeness (QED) is 0.786. The Morgan fingerprint density at radius 1 is 1.08 bits per heavy atom. The van der Waals surface area contributed by atoms with Crippen molar-refractivity contribution in [3.05, 3.63) is 66.6 Å². The fourth-order valence-corrected chi connectivity index (χ4v) is 3.18. The third kappa shape index (κ3) is 3.59. The first-order valence-corrected chi connectivity index (χ1v) is 8.75. The van der Waals surface area contributed by atoms with Crippen molar-refractivity contribution < 1.29 is 9.53 Å². The van der Waals surface area contributed by atoms with Crippen LogP contribution in [0.1, 0.15) is 23.2 Å². The summed E-state index contributed by atoms with van der Waals surface area (Å²) < 4.78 is 5.94. The summed E-state index contributed by atoms with van der Waals surface area (Å²) in [5.74, 6) is 0.854. The van der Waals surface area contributed by atoms with E-state index in [-0.39, 0.29) is 12.0 Å². The molecule has 6 heteroatoms. The lowest BCUT2D eigenvalue weighted by molar-refractivity contribution is 0.0595. The summed E-state index contributed by atoms with van der Waals surface area (Å²) in [4.78, 5) is 18.7. The maximum atomic E-state index is 12.7. The van der Waals surface area contributed by atoms with Crippen LogP contribution in [0.4, 0.5) is 0 Å². The molecule has 0 spiro atoms. The Bertz CT molecular complexity index is 839. The Balaban J connectivity index is 1.34. The van der Waals surface area contributed by atoms with Crippen LogP contribution in [0.2, 0.25) is 0 Å². The highest BCUT2D eigenvalue weighted by molar-refractivity contribution is 5.94. The number of aromatic nitrogens is 3. The van der Waals surface area contributed by atoms with E-state index in [4.69, 9.17) is 4.74 Å². The number of nitrogens with zero attached hydrogens (tertiary/aromatic N) is 3. The number of amides is 1. The summed E-state index contributed by atoms with van der Waals surface area (Å²) in [7, 11) is 0. The van der Waals surface area contributed by atoms with Crippen molar-refractivity contribution >= 4 is 5.91 Å². The van der Waals surface area contributed by atoms with Crippen molar-refractivity contribution in [2.75, 3.05) is 13.1 Å². The number of carbonyl (C=O) groups excluding carboxylic acids is 1. The van der Waals surface area contributed by atoms with Gasteiger partial charge in [0.15, 0.2) is 0 Å². The highest BCUT2D eigenvalue weighted by Gasteiger charge is 2.24. The summed E-state index contributed by atoms with van der Waals surface area (Å²) in [5, 5.41) is 6.88. The SMILES string of the molecule is O=C(c1ccc(-c2ccn[nH]2)cc1)N1CCC(Oc2cccnc2)CC1. The number of piperidine rings is 1. The van der Waals surface area contributed by atoms with Gasteiger partial charge in [0.25, 0.3) is 5.91 Å². The molecule has 0 radical (unpaired) electrons. The van der Waals surface area contributed by atoms with E-state index in [2.05, 4.69) is 15.2 Å². The van der Waals surface area contributed by atoms with E-state index in [1.807, 2.05) is 47.4 Å². The monoisotopic (exact) mass is 348 g/mol. The Kier molecular flexibility index (Phi) is 4.64. The van der Waals surface area contributed by atoms with Gasteiger partial charge in [-0.2, -0.15) is 5.10 Å². The number of pyridine rings is 1. The van der Waals surface area contributed by atoms with E-state index in [1.165, 1.54) is 0 Å². The van der Waals surface area contributed by atoms with Crippen molar-refractivity contribution in [2.45, 2.75) is 18.9 Å². The van der Waals surface area contributed by atoms with Crippen molar-refractivity contribution in [1.29, 1.82) is 0 Å². The number of ether oxygens (including phenoxy) is 1. The van der Waals surface area contributed by atoms with Crippen molar-refractivity contribution in [3.63, 3.8) is 0 Å². The molecular formula is C20H20N4O2. The lowest BCUT2D eigenvalue weighted by atomic mass is 10.0. The highest BCUT2D eigenvalue weighted by Crippen LogP contribution is 2.21. The molecule has 0 bridgehead atoms. The smallest absolute Gasteiger partial charge is 0.253 e. The maximum Gasteiger partial charge on any atom is 0.253 e. The number of hydrogen-bond donors (Lipinski definition) is 1. The Hall–Kier alpha value is -3.15. The lowest BCUT2D eigenvalue weighted by Crippen LogP contribution is -2.41. The molecule has 0 aliphatic carbocycles. The molecule has 6 nitrogen and oxygen atoms in total. The first-order valence-electron chi connectivity index (χ1n) is 8.75. The van der Waals surface area contributed by atoms with Gasteiger partial charge in [0.05, 0.1) is 11.9 Å². The lowest BCUT2D eigenvalue weighted by Gasteiger charge is -2.32. The summed E-state index contributed by atoms with van der Waals surface area (Å²) in [6, 6.07) is 13.3. The van der Waals surface area contributed by atoms with E-state index >= 15 is 0 Å². The van der Waals surface area contributed by atoms with Gasteiger partial charge in [0, 0.05) is 43.9 Å². The number of carbonyl (C=O) groups is 1. The van der Waals surface area contributed by atoms with E-state index in [0.29, 0.717) is 18.7 Å². The van der Waals surface area contributed by atoms with Gasteiger partial charge in [-0.1, -0.05) is 12.1 Å². The maximum absolute atomic E-state index is 12.7. The molecule has 0 unspecified atom stereocenters. The number of hydrogen-bond acceptors (Lipinski definition) is 4. The molecule has 1 amide bonds. The van der Waals surface area contributed by atoms with Crippen LogP contribution in [-0.4, -0.2) is 45.2 Å². The number of nitrogens with one attached hydrogen (secondary N) is 1. The molecule has 3 heterocycles. The van der Waals surface area contributed by atoms with Crippen LogP contribution in [0.15, 0.2) is 61.1 Å². The molecule has 26 heavy (non-hydrogen) atoms. The fourth-order valence-electron chi connectivity index (χ4n) is 3.18. The Morgan fingerprint density at radius 2 is 1.88 bits per heavy atom. The molecule has 0 saturated carbocycles. The fraction of sp³-hybridized carbons (Fsp3) is 0.250. The second kappa shape index (κ2) is 7.39. The van der Waals surface area contributed by atoms with Crippen LogP contribution >= 0.6 is 0 Å². The number of aromatic amines is 1. The summed E-state index contributed by atoms with van der Waals surface area (Å²) in [6.07, 6.45) is 6.95. The van der Waals surface area contributed by atoms with Gasteiger partial charge in [-0.25, -0.2) is 0 Å². The third-order valence-electron chi connectivity index (χ3n) is 4.61. The minimum atomic E-state index is 0.0704. The summed E-state index contributed by atoms with van der Waals surface area (Å²) >= 11 is 0. The first kappa shape index (κ1) is 16.3. The van der Waals surface area contributed by atoms with Crippen LogP contribution in [0.25, 0.3) is 11.3 Å². The molecule has 1 N–H and O–H groups in total. The molecule has 4 rings (SSSR count). The van der Waals surface area contributed by atoms with Gasteiger partial charge in [-0.3, -0.25) is 14.9 Å². The van der Waals surface area contributed by atoms with Gasteiger partial charge in [-0.05, 0) is 35.9 Å². The average Bonchev–Trinajstić information content (AvgIpc) is 3.24. The highest BCUT2D eigenvalue weighted by atomic mass is 16.5. The number of likely N-dealkylation sites (tertiary alicyclic amines) is 1. The molecule has 3 aromatic rings. The van der Waals surface area contributed by atoms with E-state index in [1.54, 1.807) is 18.6 Å². The van der Waals surface area contributed by atoms with Crippen LogP contribution in [0.5, 0.6) is 5.75 Å². The minimum absolute atomic E-state index is 0.0704. The Labute approximate surface area is 151 Å². The van der Waals surface area contributed by atoms with Gasteiger partial charge in [-0.15, -0.1) is 0 Å². The average molecular weight is 348 g/mol. The molecule has 2 aromatic heterocycles. The second-order valence-corrected chi connectivity index (χ2v) is 6.35. The van der Waals surface area contributed by atoms with Crippen LogP contribution in [-0.2, 0) is 0 Å². The Morgan fingerprint density at radius 3 is 2.54 bits per heavy atom. The van der Waals surface area contributed by atoms with Gasteiger partial charge in [0.2, 0.25) is 0 Å². The predicted octanol–water partition coefficient (Wildman–Crippen LogP) is 3.16. The minimum Gasteiger partial charge on any atom is -0.489 e. The first-order chi connectivity index (χ1) is 12.8. The van der Waals surface area contributed by atoms with E-state index in [0.717, 1.165) is 29.8 Å². The van der Waals surface area contributed by atoms with Gasteiger partial charge < -0.3 is 9.64 Å². The zero-order chi connectivity index (χ0) is 17.8. The molecule has 1 aliphatic rings. The molecule has 1 fully saturated rings. The van der Waals surface area contributed by atoms with Gasteiger partial charge in [0.1, 0.15) is 11.9 Å². The van der Waals surface area contributed by atoms with Crippen molar-refractivity contribution in [1.82, 2.24) is 20.1 Å². The molecule has 132 valence electrons. The zero-order valence-electron chi connectivity index (χ0n) is 14.3. The van der Waals surface area contributed by atoms with Crippen LogP contribution in [0, 0.1) is 0 Å². The zero-order valence-corrected chi connectivity index (χ0v) is 14.3. The normalized spacial score (nSPS) is 15.0. The van der Waals surface area contributed by atoms with Crippen LogP contribution < -0.4 is 4.74 Å². The second-order valence-electron chi connectivity index (χ2n) is 6.35. The predicted molar refractivity (Wildman–Crippen MR) is 97.8 cm³/mol.